The van der Waals surface area contributed by atoms with Crippen molar-refractivity contribution in [2.75, 3.05) is 0 Å². The smallest absolute Gasteiger partial charge is 0.321 e. The lowest BCUT2D eigenvalue weighted by atomic mass is 10.2. The summed E-state index contributed by atoms with van der Waals surface area (Å²) in [5.74, 6) is -0.811. The third-order valence-corrected chi connectivity index (χ3v) is 1.56. The summed E-state index contributed by atoms with van der Waals surface area (Å²) >= 11 is 2.89. The molecule has 9 heavy (non-hydrogen) atoms. The summed E-state index contributed by atoms with van der Waals surface area (Å²) in [4.78, 5) is 10.2. The first-order valence-corrected chi connectivity index (χ1v) is 3.60. The molecule has 0 bridgehead atoms. The minimum Gasteiger partial charge on any atom is -0.480 e. The molecule has 0 fully saturated rings. The standard InChI is InChI=1S/C5H10BrNO2/c1-2-3-4(7-6)5(8)9/h4,7H,2-3H2,1H3,(H,8,9). The number of hydrogen-bond acceptors (Lipinski definition) is 2. The topological polar surface area (TPSA) is 49.3 Å². The Morgan fingerprint density at radius 1 is 1.89 bits per heavy atom. The van der Waals surface area contributed by atoms with Crippen molar-refractivity contribution in [2.45, 2.75) is 25.8 Å². The Balaban J connectivity index is 3.54. The third kappa shape index (κ3) is 3.48. The maximum atomic E-state index is 10.2. The second kappa shape index (κ2) is 4.76. The molecule has 0 rings (SSSR count). The fourth-order valence-corrected chi connectivity index (χ4v) is 0.938. The molecular formula is C5H10BrNO2. The number of carbonyl (C=O) groups is 1. The minimum atomic E-state index is -0.811. The molecular weight excluding hydrogens is 186 g/mol. The van der Waals surface area contributed by atoms with Gasteiger partial charge < -0.3 is 5.11 Å². The average Bonchev–Trinajstić information content (AvgIpc) is 1.82. The summed E-state index contributed by atoms with van der Waals surface area (Å²) in [7, 11) is 0. The highest BCUT2D eigenvalue weighted by Crippen LogP contribution is 1.97. The van der Waals surface area contributed by atoms with Gasteiger partial charge in [0.2, 0.25) is 0 Å². The molecule has 54 valence electrons. The van der Waals surface area contributed by atoms with Gasteiger partial charge in [0.05, 0.1) is 0 Å². The van der Waals surface area contributed by atoms with Crippen molar-refractivity contribution in [3.63, 3.8) is 0 Å². The highest BCUT2D eigenvalue weighted by atomic mass is 79.9. The number of nitrogens with one attached hydrogen (secondary N) is 1. The highest BCUT2D eigenvalue weighted by molar-refractivity contribution is 9.08. The van der Waals surface area contributed by atoms with Crippen LogP contribution in [0.4, 0.5) is 0 Å². The van der Waals surface area contributed by atoms with Crippen molar-refractivity contribution in [2.24, 2.45) is 0 Å². The van der Waals surface area contributed by atoms with Crippen LogP contribution in [-0.2, 0) is 4.79 Å². The summed E-state index contributed by atoms with van der Waals surface area (Å²) in [5, 5.41) is 8.41. The van der Waals surface area contributed by atoms with Gasteiger partial charge in [-0.2, -0.15) is 0 Å². The maximum absolute atomic E-state index is 10.2. The van der Waals surface area contributed by atoms with Gasteiger partial charge in [0, 0.05) is 16.1 Å². The lowest BCUT2D eigenvalue weighted by Gasteiger charge is -2.05. The van der Waals surface area contributed by atoms with Crippen LogP contribution in [0.3, 0.4) is 0 Å². The van der Waals surface area contributed by atoms with E-state index in [2.05, 4.69) is 20.5 Å². The molecule has 0 aliphatic heterocycles. The molecule has 0 spiro atoms. The molecule has 1 atom stereocenters. The van der Waals surface area contributed by atoms with E-state index < -0.39 is 12.0 Å². The SMILES string of the molecule is CCCC(NBr)C(=O)O. The fourth-order valence-electron chi connectivity index (χ4n) is 0.513. The summed E-state index contributed by atoms with van der Waals surface area (Å²) in [6, 6.07) is -0.449. The van der Waals surface area contributed by atoms with Crippen LogP contribution in [-0.4, -0.2) is 17.1 Å². The van der Waals surface area contributed by atoms with Crippen molar-refractivity contribution in [3.8, 4) is 0 Å². The summed E-state index contributed by atoms with van der Waals surface area (Å²) < 4.78 is 2.52. The number of halogens is 1. The van der Waals surface area contributed by atoms with Crippen LogP contribution in [0.1, 0.15) is 19.8 Å². The number of rotatable bonds is 4. The Bertz CT molecular complexity index is 97.0. The van der Waals surface area contributed by atoms with Crippen LogP contribution in [0.15, 0.2) is 0 Å². The van der Waals surface area contributed by atoms with E-state index in [1.807, 2.05) is 6.92 Å². The predicted molar refractivity (Wildman–Crippen MR) is 38.4 cm³/mol. The maximum Gasteiger partial charge on any atom is 0.321 e. The lowest BCUT2D eigenvalue weighted by Crippen LogP contribution is -2.29. The van der Waals surface area contributed by atoms with Gasteiger partial charge in [0.1, 0.15) is 6.04 Å². The zero-order valence-corrected chi connectivity index (χ0v) is 6.81. The Labute approximate surface area is 62.8 Å². The van der Waals surface area contributed by atoms with Crippen LogP contribution in [0, 0.1) is 0 Å². The third-order valence-electron chi connectivity index (χ3n) is 1.01. The van der Waals surface area contributed by atoms with E-state index in [1.54, 1.807) is 0 Å². The molecule has 0 aliphatic carbocycles. The van der Waals surface area contributed by atoms with Gasteiger partial charge in [0.15, 0.2) is 0 Å². The Hall–Kier alpha value is -0.0900. The van der Waals surface area contributed by atoms with E-state index in [4.69, 9.17) is 5.11 Å². The normalized spacial score (nSPS) is 13.1. The first-order chi connectivity index (χ1) is 4.22. The van der Waals surface area contributed by atoms with E-state index in [1.165, 1.54) is 0 Å². The predicted octanol–water partition coefficient (Wildman–Crippen LogP) is 1.14. The summed E-state index contributed by atoms with van der Waals surface area (Å²) in [6.45, 7) is 1.94. The Morgan fingerprint density at radius 3 is 2.56 bits per heavy atom. The molecule has 0 heterocycles. The highest BCUT2D eigenvalue weighted by Gasteiger charge is 2.12. The van der Waals surface area contributed by atoms with Crippen LogP contribution >= 0.6 is 16.1 Å². The van der Waals surface area contributed by atoms with E-state index >= 15 is 0 Å². The molecule has 0 aromatic heterocycles. The summed E-state index contributed by atoms with van der Waals surface area (Å²) in [5.41, 5.74) is 0. The first kappa shape index (κ1) is 8.91. The van der Waals surface area contributed by atoms with E-state index in [9.17, 15) is 4.79 Å². The number of aliphatic carboxylic acids is 1. The minimum absolute atomic E-state index is 0.449. The number of hydrogen-bond donors (Lipinski definition) is 2. The second-order valence-electron chi connectivity index (χ2n) is 1.79. The van der Waals surface area contributed by atoms with Crippen LogP contribution < -0.4 is 4.34 Å². The monoisotopic (exact) mass is 195 g/mol. The van der Waals surface area contributed by atoms with Crippen molar-refractivity contribution < 1.29 is 9.90 Å². The van der Waals surface area contributed by atoms with Gasteiger partial charge in [-0.05, 0) is 6.42 Å². The zero-order valence-electron chi connectivity index (χ0n) is 5.22. The average molecular weight is 196 g/mol. The fraction of sp³-hybridized carbons (Fsp3) is 0.800. The van der Waals surface area contributed by atoms with Gasteiger partial charge in [-0.1, -0.05) is 13.3 Å². The molecule has 0 aliphatic rings. The lowest BCUT2D eigenvalue weighted by molar-refractivity contribution is -0.139. The molecule has 0 saturated carbocycles. The van der Waals surface area contributed by atoms with Gasteiger partial charge in [-0.15, -0.1) is 0 Å². The van der Waals surface area contributed by atoms with Crippen LogP contribution in [0.5, 0.6) is 0 Å². The zero-order chi connectivity index (χ0) is 7.28. The van der Waals surface area contributed by atoms with Crippen molar-refractivity contribution in [3.05, 3.63) is 0 Å². The van der Waals surface area contributed by atoms with E-state index in [0.29, 0.717) is 6.42 Å². The van der Waals surface area contributed by atoms with E-state index in [0.717, 1.165) is 6.42 Å². The molecule has 0 amide bonds. The molecule has 0 aromatic carbocycles. The van der Waals surface area contributed by atoms with Crippen LogP contribution in [0.2, 0.25) is 0 Å². The first-order valence-electron chi connectivity index (χ1n) is 2.81. The Kier molecular flexibility index (Phi) is 4.71. The van der Waals surface area contributed by atoms with Gasteiger partial charge in [-0.25, -0.2) is 4.34 Å². The molecule has 0 saturated heterocycles. The van der Waals surface area contributed by atoms with Gasteiger partial charge >= 0.3 is 5.97 Å². The quantitative estimate of drug-likeness (QED) is 0.662. The van der Waals surface area contributed by atoms with Crippen molar-refractivity contribution in [1.29, 1.82) is 0 Å². The second-order valence-corrected chi connectivity index (χ2v) is 2.25. The van der Waals surface area contributed by atoms with Gasteiger partial charge in [-0.3, -0.25) is 4.79 Å². The Morgan fingerprint density at radius 2 is 2.44 bits per heavy atom. The molecule has 0 radical (unpaired) electrons. The van der Waals surface area contributed by atoms with Crippen molar-refractivity contribution in [1.82, 2.24) is 4.34 Å². The molecule has 0 aromatic rings. The van der Waals surface area contributed by atoms with Gasteiger partial charge in [0.25, 0.3) is 0 Å². The molecule has 1 unspecified atom stereocenters. The van der Waals surface area contributed by atoms with Crippen LogP contribution in [0.25, 0.3) is 0 Å². The molecule has 3 nitrogen and oxygen atoms in total. The largest absolute Gasteiger partial charge is 0.480 e. The van der Waals surface area contributed by atoms with E-state index in [-0.39, 0.29) is 0 Å². The number of carboxylic acids is 1. The summed E-state index contributed by atoms with van der Waals surface area (Å²) in [6.07, 6.45) is 1.52. The van der Waals surface area contributed by atoms with Crippen molar-refractivity contribution >= 4 is 22.1 Å². The molecule has 4 heteroatoms. The number of carboxylic acid groups (broad SMARTS) is 1. The molecule has 2 N–H and O–H groups in total.